The van der Waals surface area contributed by atoms with Crippen LogP contribution in [0.2, 0.25) is 10.0 Å². The molecule has 2 N–H and O–H groups in total. The van der Waals surface area contributed by atoms with Crippen LogP contribution in [0.15, 0.2) is 59.9 Å². The third-order valence-electron chi connectivity index (χ3n) is 5.10. The van der Waals surface area contributed by atoms with Gasteiger partial charge in [-0.25, -0.2) is 4.39 Å². The molecule has 0 saturated heterocycles. The molecular formula is C23H23Cl2FN2O3. The van der Waals surface area contributed by atoms with Crippen molar-refractivity contribution >= 4 is 35.0 Å². The number of halogens is 3. The molecule has 31 heavy (non-hydrogen) atoms. The van der Waals surface area contributed by atoms with Gasteiger partial charge in [0.25, 0.3) is 11.8 Å². The molecule has 0 saturated carbocycles. The zero-order valence-corrected chi connectivity index (χ0v) is 18.3. The SMILES string of the molecule is O=C(NCCCCc1ccc(Cl)c(Cl)c1)C1=C(O)C(=O)N(C(F)Cc2ccccc2)C1. The highest BCUT2D eigenvalue weighted by atomic mass is 35.5. The number of aryl methyl sites for hydroxylation is 1. The quantitative estimate of drug-likeness (QED) is 0.419. The maximum absolute atomic E-state index is 14.6. The molecule has 3 rings (SSSR count). The number of carbonyl (C=O) groups is 2. The van der Waals surface area contributed by atoms with Gasteiger partial charge in [0.05, 0.1) is 22.2 Å². The van der Waals surface area contributed by atoms with Gasteiger partial charge in [0, 0.05) is 13.0 Å². The maximum Gasteiger partial charge on any atom is 0.291 e. The van der Waals surface area contributed by atoms with E-state index in [4.69, 9.17) is 23.2 Å². The lowest BCUT2D eigenvalue weighted by Crippen LogP contribution is -2.37. The first-order valence-electron chi connectivity index (χ1n) is 10.00. The van der Waals surface area contributed by atoms with Crippen molar-refractivity contribution in [2.75, 3.05) is 13.1 Å². The van der Waals surface area contributed by atoms with Gasteiger partial charge in [-0.3, -0.25) is 9.59 Å². The number of unbranched alkanes of at least 4 members (excludes halogenated alkanes) is 1. The molecule has 1 unspecified atom stereocenters. The fourth-order valence-electron chi connectivity index (χ4n) is 3.36. The van der Waals surface area contributed by atoms with Crippen LogP contribution in [0.3, 0.4) is 0 Å². The number of aliphatic hydroxyl groups is 1. The van der Waals surface area contributed by atoms with Gasteiger partial charge in [-0.05, 0) is 42.5 Å². The monoisotopic (exact) mass is 464 g/mol. The van der Waals surface area contributed by atoms with Gasteiger partial charge in [0.2, 0.25) is 0 Å². The normalized spacial score (nSPS) is 14.8. The molecule has 164 valence electrons. The van der Waals surface area contributed by atoms with Crippen LogP contribution in [-0.2, 0) is 22.4 Å². The van der Waals surface area contributed by atoms with Crippen molar-refractivity contribution in [3.8, 4) is 0 Å². The van der Waals surface area contributed by atoms with Crippen LogP contribution in [0.4, 0.5) is 4.39 Å². The predicted octanol–water partition coefficient (Wildman–Crippen LogP) is 4.62. The number of carbonyl (C=O) groups excluding carboxylic acids is 2. The average molecular weight is 465 g/mol. The van der Waals surface area contributed by atoms with E-state index in [0.717, 1.165) is 28.9 Å². The molecule has 0 radical (unpaired) electrons. The molecule has 0 fully saturated rings. The second kappa shape index (κ2) is 10.6. The van der Waals surface area contributed by atoms with Crippen LogP contribution in [0.25, 0.3) is 0 Å². The van der Waals surface area contributed by atoms with Crippen molar-refractivity contribution in [1.29, 1.82) is 0 Å². The van der Waals surface area contributed by atoms with E-state index in [9.17, 15) is 19.1 Å². The molecule has 0 bridgehead atoms. The van der Waals surface area contributed by atoms with Crippen molar-refractivity contribution in [2.24, 2.45) is 0 Å². The standard InChI is InChI=1S/C23H23Cl2FN2O3/c24-18-10-9-16(12-19(18)25)8-4-5-11-27-22(30)17-14-28(23(31)21(17)29)20(26)13-15-6-2-1-3-7-15/h1-3,6-7,9-10,12,20,29H,4-5,8,11,13-14H2,(H,27,30). The summed E-state index contributed by atoms with van der Waals surface area (Å²) < 4.78 is 14.6. The first-order valence-corrected chi connectivity index (χ1v) is 10.8. The van der Waals surface area contributed by atoms with Crippen LogP contribution in [0.1, 0.15) is 24.0 Å². The van der Waals surface area contributed by atoms with Gasteiger partial charge >= 0.3 is 0 Å². The van der Waals surface area contributed by atoms with Gasteiger partial charge in [0.1, 0.15) is 0 Å². The Morgan fingerprint density at radius 3 is 2.55 bits per heavy atom. The summed E-state index contributed by atoms with van der Waals surface area (Å²) in [5.74, 6) is -2.12. The molecule has 0 aliphatic carbocycles. The van der Waals surface area contributed by atoms with E-state index in [-0.39, 0.29) is 18.5 Å². The Morgan fingerprint density at radius 2 is 1.84 bits per heavy atom. The van der Waals surface area contributed by atoms with Crippen molar-refractivity contribution in [3.63, 3.8) is 0 Å². The summed E-state index contributed by atoms with van der Waals surface area (Å²) in [6, 6.07) is 14.4. The summed E-state index contributed by atoms with van der Waals surface area (Å²) in [5, 5.41) is 13.7. The molecule has 0 spiro atoms. The van der Waals surface area contributed by atoms with Crippen LogP contribution >= 0.6 is 23.2 Å². The highest BCUT2D eigenvalue weighted by molar-refractivity contribution is 6.42. The minimum atomic E-state index is -1.63. The van der Waals surface area contributed by atoms with Crippen LogP contribution in [0, 0.1) is 0 Å². The summed E-state index contributed by atoms with van der Waals surface area (Å²) in [6.45, 7) is 0.113. The van der Waals surface area contributed by atoms with Crippen LogP contribution in [-0.4, -0.2) is 41.2 Å². The Balaban J connectivity index is 1.45. The molecule has 5 nitrogen and oxygen atoms in total. The van der Waals surface area contributed by atoms with Gasteiger partial charge in [-0.1, -0.05) is 59.6 Å². The van der Waals surface area contributed by atoms with Crippen molar-refractivity contribution in [1.82, 2.24) is 10.2 Å². The Labute approximate surface area is 190 Å². The Bertz CT molecular complexity index is 982. The lowest BCUT2D eigenvalue weighted by Gasteiger charge is -2.21. The topological polar surface area (TPSA) is 69.6 Å². The van der Waals surface area contributed by atoms with Gasteiger partial charge in [0.15, 0.2) is 12.1 Å². The second-order valence-corrected chi connectivity index (χ2v) is 8.16. The molecule has 8 heteroatoms. The minimum absolute atomic E-state index is 0.0104. The zero-order valence-electron chi connectivity index (χ0n) is 16.8. The van der Waals surface area contributed by atoms with Crippen molar-refractivity contribution < 1.29 is 19.1 Å². The van der Waals surface area contributed by atoms with E-state index >= 15 is 0 Å². The zero-order chi connectivity index (χ0) is 22.4. The minimum Gasteiger partial charge on any atom is -0.503 e. The fraction of sp³-hybridized carbons (Fsp3) is 0.304. The molecule has 2 aromatic carbocycles. The lowest BCUT2D eigenvalue weighted by atomic mass is 10.1. The number of hydrogen-bond acceptors (Lipinski definition) is 3. The molecule has 1 heterocycles. The summed E-state index contributed by atoms with van der Waals surface area (Å²) in [5.41, 5.74) is 1.66. The molecule has 1 aliphatic rings. The molecule has 1 aliphatic heterocycles. The summed E-state index contributed by atoms with van der Waals surface area (Å²) >= 11 is 11.9. The number of alkyl halides is 1. The van der Waals surface area contributed by atoms with Gasteiger partial charge in [-0.2, -0.15) is 0 Å². The molecule has 0 aromatic heterocycles. The Hall–Kier alpha value is -2.57. The van der Waals surface area contributed by atoms with Crippen LogP contribution < -0.4 is 5.32 Å². The number of nitrogens with one attached hydrogen (secondary N) is 1. The summed E-state index contributed by atoms with van der Waals surface area (Å²) in [6.07, 6.45) is 0.628. The second-order valence-electron chi connectivity index (χ2n) is 7.35. The molecular weight excluding hydrogens is 442 g/mol. The lowest BCUT2D eigenvalue weighted by molar-refractivity contribution is -0.133. The smallest absolute Gasteiger partial charge is 0.291 e. The fourth-order valence-corrected chi connectivity index (χ4v) is 3.69. The third kappa shape index (κ3) is 5.99. The largest absolute Gasteiger partial charge is 0.503 e. The molecule has 2 amide bonds. The number of aliphatic hydroxyl groups excluding tert-OH is 1. The van der Waals surface area contributed by atoms with E-state index < -0.39 is 23.9 Å². The number of hydrogen-bond donors (Lipinski definition) is 2. The number of nitrogens with zero attached hydrogens (tertiary/aromatic N) is 1. The number of amides is 2. The first-order chi connectivity index (χ1) is 14.9. The van der Waals surface area contributed by atoms with Crippen LogP contribution in [0.5, 0.6) is 0 Å². The summed E-state index contributed by atoms with van der Waals surface area (Å²) in [4.78, 5) is 25.5. The van der Waals surface area contributed by atoms with E-state index in [1.165, 1.54) is 0 Å². The first kappa shape index (κ1) is 23.1. The predicted molar refractivity (Wildman–Crippen MR) is 119 cm³/mol. The van der Waals surface area contributed by atoms with E-state index in [2.05, 4.69) is 5.32 Å². The van der Waals surface area contributed by atoms with Gasteiger partial charge < -0.3 is 15.3 Å². The van der Waals surface area contributed by atoms with Gasteiger partial charge in [-0.15, -0.1) is 0 Å². The molecule has 1 atom stereocenters. The van der Waals surface area contributed by atoms with E-state index in [0.29, 0.717) is 23.0 Å². The van der Waals surface area contributed by atoms with E-state index in [1.54, 1.807) is 30.3 Å². The highest BCUT2D eigenvalue weighted by Gasteiger charge is 2.37. The van der Waals surface area contributed by atoms with Crippen molar-refractivity contribution in [3.05, 3.63) is 81.0 Å². The number of benzene rings is 2. The highest BCUT2D eigenvalue weighted by Crippen LogP contribution is 2.24. The number of rotatable bonds is 9. The Morgan fingerprint density at radius 1 is 1.10 bits per heavy atom. The molecule has 2 aromatic rings. The van der Waals surface area contributed by atoms with Crippen molar-refractivity contribution in [2.45, 2.75) is 32.0 Å². The van der Waals surface area contributed by atoms with E-state index in [1.807, 2.05) is 18.2 Å². The third-order valence-corrected chi connectivity index (χ3v) is 5.84. The average Bonchev–Trinajstić information content (AvgIpc) is 3.06. The summed E-state index contributed by atoms with van der Waals surface area (Å²) in [7, 11) is 0. The Kier molecular flexibility index (Phi) is 7.93. The maximum atomic E-state index is 14.6.